The van der Waals surface area contributed by atoms with Gasteiger partial charge in [-0.05, 0) is 0 Å². The number of hydrogen-bond acceptors (Lipinski definition) is 1. The molecule has 14 heavy (non-hydrogen) atoms. The van der Waals surface area contributed by atoms with Gasteiger partial charge in [-0.1, -0.05) is 0 Å². The van der Waals surface area contributed by atoms with Crippen LogP contribution in [0.3, 0.4) is 0 Å². The van der Waals surface area contributed by atoms with E-state index in [4.69, 9.17) is 0 Å². The van der Waals surface area contributed by atoms with Crippen molar-refractivity contribution in [1.82, 2.24) is 0 Å². The summed E-state index contributed by atoms with van der Waals surface area (Å²) >= 11 is 2.63. The Bertz CT molecular complexity index is 437. The number of aromatic hydroxyl groups is 1. The first-order valence-electron chi connectivity index (χ1n) is 4.41. The quantitative estimate of drug-likeness (QED) is 0.690. The molecule has 0 fully saturated rings. The van der Waals surface area contributed by atoms with Crippen LogP contribution in [0.2, 0.25) is 0 Å². The molecule has 0 aromatic heterocycles. The van der Waals surface area contributed by atoms with Crippen LogP contribution in [0.5, 0.6) is 5.75 Å². The zero-order valence-electron chi connectivity index (χ0n) is 7.64. The summed E-state index contributed by atoms with van der Waals surface area (Å²) in [5.41, 5.74) is 2.30. The van der Waals surface area contributed by atoms with Crippen LogP contribution >= 0.6 is 0 Å². The number of rotatable bonds is 1. The third kappa shape index (κ3) is 1.82. The van der Waals surface area contributed by atoms with Gasteiger partial charge in [0.25, 0.3) is 0 Å². The molecule has 0 bridgehead atoms. The van der Waals surface area contributed by atoms with Gasteiger partial charge in [0.05, 0.1) is 0 Å². The molecule has 2 heteroatoms. The Balaban J connectivity index is 2.53. The summed E-state index contributed by atoms with van der Waals surface area (Å²) < 4.78 is 1.01. The molecule has 0 saturated carbocycles. The fraction of sp³-hybridized carbons (Fsp3) is 0. The van der Waals surface area contributed by atoms with Crippen molar-refractivity contribution in [2.75, 3.05) is 0 Å². The molecule has 2 rings (SSSR count). The van der Waals surface area contributed by atoms with E-state index in [1.807, 2.05) is 24.3 Å². The second-order valence-electron chi connectivity index (χ2n) is 3.14. The van der Waals surface area contributed by atoms with Crippen LogP contribution in [0.1, 0.15) is 0 Å². The second-order valence-corrected chi connectivity index (χ2v) is 3.76. The molecule has 0 heterocycles. The maximum atomic E-state index is 9.27. The summed E-state index contributed by atoms with van der Waals surface area (Å²) in [5.74, 6) is 0.301. The maximum absolute atomic E-state index is 9.27. The van der Waals surface area contributed by atoms with E-state index in [2.05, 4.69) is 28.4 Å². The summed E-state index contributed by atoms with van der Waals surface area (Å²) in [6.45, 7) is 0. The van der Waals surface area contributed by atoms with Crippen LogP contribution in [0.4, 0.5) is 0 Å². The van der Waals surface area contributed by atoms with Crippen LogP contribution in [-0.4, -0.2) is 21.4 Å². The van der Waals surface area contributed by atoms with E-state index in [-0.39, 0.29) is 0 Å². The zero-order chi connectivity index (χ0) is 9.97. The molecule has 1 nitrogen and oxygen atoms in total. The molecule has 0 aliphatic carbocycles. The molecule has 0 aliphatic heterocycles. The van der Waals surface area contributed by atoms with Crippen molar-refractivity contribution in [3.8, 4) is 16.9 Å². The van der Waals surface area contributed by atoms with Gasteiger partial charge in [0.1, 0.15) is 0 Å². The fourth-order valence-electron chi connectivity index (χ4n) is 1.43. The molecule has 0 radical (unpaired) electrons. The van der Waals surface area contributed by atoms with Crippen LogP contribution in [0.25, 0.3) is 11.1 Å². The summed E-state index contributed by atoms with van der Waals surface area (Å²) in [4.78, 5) is 0. The van der Waals surface area contributed by atoms with E-state index in [1.54, 1.807) is 12.1 Å². The Morgan fingerprint density at radius 1 is 0.929 bits per heavy atom. The third-order valence-electron chi connectivity index (χ3n) is 2.12. The van der Waals surface area contributed by atoms with Gasteiger partial charge in [-0.15, -0.1) is 0 Å². The first kappa shape index (κ1) is 9.33. The van der Waals surface area contributed by atoms with E-state index in [0.717, 1.165) is 15.6 Å². The van der Waals surface area contributed by atoms with Crippen molar-refractivity contribution < 1.29 is 5.11 Å². The van der Waals surface area contributed by atoms with Gasteiger partial charge in [0, 0.05) is 0 Å². The van der Waals surface area contributed by atoms with Crippen molar-refractivity contribution in [1.29, 1.82) is 0 Å². The molecule has 0 amide bonds. The molecule has 0 spiro atoms. The number of phenolic OH excluding ortho intramolecular Hbond substituents is 1. The SMILES string of the molecule is Oc1ccc(-c2ccccc2)[c]([Al+2])c1. The van der Waals surface area contributed by atoms with Gasteiger partial charge in [-0.2, -0.15) is 0 Å². The van der Waals surface area contributed by atoms with Crippen LogP contribution in [0, 0.1) is 0 Å². The zero-order valence-corrected chi connectivity index (χ0v) is 8.80. The molecule has 0 atom stereocenters. The first-order valence-corrected chi connectivity index (χ1v) is 4.99. The average molecular weight is 196 g/mol. The van der Waals surface area contributed by atoms with Crippen molar-refractivity contribution >= 4 is 20.7 Å². The van der Waals surface area contributed by atoms with Crippen molar-refractivity contribution in [3.63, 3.8) is 0 Å². The first-order chi connectivity index (χ1) is 6.77. The van der Waals surface area contributed by atoms with Crippen LogP contribution in [0.15, 0.2) is 48.5 Å². The molecule has 1 N–H and O–H groups in total. The molecule has 64 valence electrons. The molecule has 2 aromatic rings. The van der Waals surface area contributed by atoms with Crippen molar-refractivity contribution in [3.05, 3.63) is 48.5 Å². The van der Waals surface area contributed by atoms with E-state index >= 15 is 0 Å². The third-order valence-corrected chi connectivity index (χ3v) is 2.60. The standard InChI is InChI=1S/C12H9O.Al/c13-12-8-6-11(7-9-12)10-4-2-1-3-5-10;/h1-6,8-9,13H;/q;+2. The van der Waals surface area contributed by atoms with E-state index in [0.29, 0.717) is 5.75 Å². The molecular weight excluding hydrogens is 187 g/mol. The summed E-state index contributed by atoms with van der Waals surface area (Å²) in [6.07, 6.45) is 0. The average Bonchev–Trinajstić information content (AvgIpc) is 2.19. The Morgan fingerprint density at radius 3 is 2.29 bits per heavy atom. The summed E-state index contributed by atoms with van der Waals surface area (Å²) in [5, 5.41) is 9.27. The molecular formula is C12H9AlO+2. The number of phenols is 1. The van der Waals surface area contributed by atoms with Gasteiger partial charge in [-0.3, -0.25) is 0 Å². The van der Waals surface area contributed by atoms with Crippen LogP contribution in [-0.2, 0) is 0 Å². The number of hydrogen-bond donors (Lipinski definition) is 1. The Labute approximate surface area is 91.4 Å². The van der Waals surface area contributed by atoms with Gasteiger partial charge < -0.3 is 0 Å². The summed E-state index contributed by atoms with van der Waals surface area (Å²) in [6, 6.07) is 15.5. The molecule has 0 saturated heterocycles. The fourth-order valence-corrected chi connectivity index (χ4v) is 1.86. The number of benzene rings is 2. The minimum absolute atomic E-state index is 0.301. The topological polar surface area (TPSA) is 20.2 Å². The normalized spacial score (nSPS) is 10.1. The molecule has 0 aliphatic rings. The predicted molar refractivity (Wildman–Crippen MR) is 58.9 cm³/mol. The van der Waals surface area contributed by atoms with Gasteiger partial charge in [0.2, 0.25) is 0 Å². The molecule has 0 unspecified atom stereocenters. The molecule has 2 aromatic carbocycles. The van der Waals surface area contributed by atoms with Gasteiger partial charge in [-0.25, -0.2) is 0 Å². The Hall–Kier alpha value is -1.23. The van der Waals surface area contributed by atoms with E-state index < -0.39 is 0 Å². The van der Waals surface area contributed by atoms with Gasteiger partial charge in [0.15, 0.2) is 0 Å². The Morgan fingerprint density at radius 2 is 1.64 bits per heavy atom. The summed E-state index contributed by atoms with van der Waals surface area (Å²) in [7, 11) is 0. The Kier molecular flexibility index (Phi) is 2.58. The minimum atomic E-state index is 0.301. The van der Waals surface area contributed by atoms with E-state index in [1.165, 1.54) is 0 Å². The van der Waals surface area contributed by atoms with E-state index in [9.17, 15) is 5.11 Å². The van der Waals surface area contributed by atoms with Crippen molar-refractivity contribution in [2.45, 2.75) is 0 Å². The van der Waals surface area contributed by atoms with Crippen molar-refractivity contribution in [2.24, 2.45) is 0 Å². The van der Waals surface area contributed by atoms with Gasteiger partial charge >= 0.3 is 91.2 Å². The predicted octanol–water partition coefficient (Wildman–Crippen LogP) is 1.85. The monoisotopic (exact) mass is 196 g/mol. The van der Waals surface area contributed by atoms with Crippen LogP contribution < -0.4 is 4.43 Å². The second kappa shape index (κ2) is 3.88.